The van der Waals surface area contributed by atoms with Gasteiger partial charge in [0.2, 0.25) is 5.91 Å². The predicted octanol–water partition coefficient (Wildman–Crippen LogP) is 0.464. The van der Waals surface area contributed by atoms with E-state index in [0.717, 1.165) is 0 Å². The Morgan fingerprint density at radius 1 is 1.69 bits per heavy atom. The summed E-state index contributed by atoms with van der Waals surface area (Å²) in [4.78, 5) is 22.2. The van der Waals surface area contributed by atoms with Crippen LogP contribution in [0, 0.1) is 5.92 Å². The molecule has 1 saturated heterocycles. The van der Waals surface area contributed by atoms with Gasteiger partial charge in [-0.3, -0.25) is 4.79 Å². The van der Waals surface area contributed by atoms with Crippen LogP contribution >= 0.6 is 0 Å². The van der Waals surface area contributed by atoms with Gasteiger partial charge in [-0.15, -0.1) is 0 Å². The number of ether oxygens (including phenoxy) is 1. The second kappa shape index (κ2) is 4.25. The molecule has 0 radical (unpaired) electrons. The van der Waals surface area contributed by atoms with E-state index in [-0.39, 0.29) is 11.9 Å². The van der Waals surface area contributed by atoms with Crippen LogP contribution in [0.2, 0.25) is 0 Å². The topological polar surface area (TPSA) is 55.4 Å². The molecule has 4 nitrogen and oxygen atoms in total. The molecule has 0 spiro atoms. The first-order valence-corrected chi connectivity index (χ1v) is 4.55. The maximum atomic E-state index is 11.2. The van der Waals surface area contributed by atoms with Crippen LogP contribution in [0.4, 0.5) is 0 Å². The van der Waals surface area contributed by atoms with Crippen molar-refractivity contribution >= 4 is 11.9 Å². The molecule has 1 fully saturated rings. The van der Waals surface area contributed by atoms with Crippen molar-refractivity contribution in [3.05, 3.63) is 0 Å². The zero-order valence-electron chi connectivity index (χ0n) is 8.00. The summed E-state index contributed by atoms with van der Waals surface area (Å²) in [7, 11) is 0. The van der Waals surface area contributed by atoms with E-state index in [4.69, 9.17) is 4.74 Å². The van der Waals surface area contributed by atoms with E-state index in [1.54, 1.807) is 0 Å². The number of carbonyl (C=O) groups excluding carboxylic acids is 2. The first-order chi connectivity index (χ1) is 6.09. The molecule has 0 aromatic carbocycles. The second-order valence-corrected chi connectivity index (χ2v) is 3.67. The van der Waals surface area contributed by atoms with Gasteiger partial charge >= 0.3 is 5.97 Å². The first kappa shape index (κ1) is 10.0. The summed E-state index contributed by atoms with van der Waals surface area (Å²) in [6, 6.07) is -0.411. The zero-order chi connectivity index (χ0) is 9.84. The minimum Gasteiger partial charge on any atom is -0.464 e. The van der Waals surface area contributed by atoms with Crippen LogP contribution in [0.3, 0.4) is 0 Å². The molecule has 1 heterocycles. The molecule has 0 saturated carbocycles. The number of hydrogen-bond acceptors (Lipinski definition) is 3. The Hall–Kier alpha value is -1.06. The monoisotopic (exact) mass is 185 g/mol. The number of amides is 1. The molecular weight excluding hydrogens is 170 g/mol. The molecule has 1 aliphatic rings. The standard InChI is InChI=1S/C9H15NO3/c1-6(2)5-8(11)10-7-3-4-13-9(7)12/h6-7H,3-5H2,1-2H3,(H,10,11)/t7-/m0/s1. The average Bonchev–Trinajstić information content (AvgIpc) is 2.34. The summed E-state index contributed by atoms with van der Waals surface area (Å²) >= 11 is 0. The van der Waals surface area contributed by atoms with E-state index in [1.165, 1.54) is 0 Å². The summed E-state index contributed by atoms with van der Waals surface area (Å²) in [5.74, 6) is -0.0617. The van der Waals surface area contributed by atoms with Gasteiger partial charge < -0.3 is 10.1 Å². The van der Waals surface area contributed by atoms with Crippen molar-refractivity contribution in [2.45, 2.75) is 32.7 Å². The van der Waals surface area contributed by atoms with Crippen LogP contribution in [-0.2, 0) is 14.3 Å². The number of nitrogens with one attached hydrogen (secondary N) is 1. The van der Waals surface area contributed by atoms with E-state index < -0.39 is 6.04 Å². The Morgan fingerprint density at radius 2 is 2.38 bits per heavy atom. The van der Waals surface area contributed by atoms with Crippen molar-refractivity contribution in [2.75, 3.05) is 6.61 Å². The van der Waals surface area contributed by atoms with Gasteiger partial charge in [0.1, 0.15) is 6.04 Å². The van der Waals surface area contributed by atoms with E-state index >= 15 is 0 Å². The van der Waals surface area contributed by atoms with Gasteiger partial charge in [-0.1, -0.05) is 13.8 Å². The van der Waals surface area contributed by atoms with Gasteiger partial charge in [0.15, 0.2) is 0 Å². The van der Waals surface area contributed by atoms with Crippen LogP contribution in [0.5, 0.6) is 0 Å². The fraction of sp³-hybridized carbons (Fsp3) is 0.778. The Bertz CT molecular complexity index is 213. The highest BCUT2D eigenvalue weighted by Gasteiger charge is 2.27. The predicted molar refractivity (Wildman–Crippen MR) is 47.0 cm³/mol. The van der Waals surface area contributed by atoms with Crippen molar-refractivity contribution < 1.29 is 14.3 Å². The highest BCUT2D eigenvalue weighted by molar-refractivity contribution is 5.85. The van der Waals surface area contributed by atoms with Gasteiger partial charge in [0.05, 0.1) is 6.61 Å². The summed E-state index contributed by atoms with van der Waals surface area (Å²) in [6.07, 6.45) is 1.06. The molecule has 1 atom stereocenters. The smallest absolute Gasteiger partial charge is 0.328 e. The molecule has 0 unspecified atom stereocenters. The van der Waals surface area contributed by atoms with Gasteiger partial charge in [-0.2, -0.15) is 0 Å². The van der Waals surface area contributed by atoms with Crippen LogP contribution in [0.15, 0.2) is 0 Å². The summed E-state index contributed by atoms with van der Waals surface area (Å²) in [6.45, 7) is 4.35. The molecule has 1 amide bonds. The van der Waals surface area contributed by atoms with Crippen LogP contribution in [0.25, 0.3) is 0 Å². The van der Waals surface area contributed by atoms with Crippen molar-refractivity contribution in [2.24, 2.45) is 5.92 Å². The Balaban J connectivity index is 2.31. The highest BCUT2D eigenvalue weighted by Crippen LogP contribution is 2.07. The number of cyclic esters (lactones) is 1. The lowest BCUT2D eigenvalue weighted by Crippen LogP contribution is -2.38. The van der Waals surface area contributed by atoms with Crippen LogP contribution in [-0.4, -0.2) is 24.5 Å². The van der Waals surface area contributed by atoms with Crippen molar-refractivity contribution in [3.8, 4) is 0 Å². The molecule has 0 aliphatic carbocycles. The molecule has 4 heteroatoms. The normalized spacial score (nSPS) is 21.8. The fourth-order valence-electron chi connectivity index (χ4n) is 1.25. The molecule has 1 aliphatic heterocycles. The van der Waals surface area contributed by atoms with E-state index in [0.29, 0.717) is 25.4 Å². The SMILES string of the molecule is CC(C)CC(=O)N[C@H]1CCOC1=O. The third kappa shape index (κ3) is 3.05. The van der Waals surface area contributed by atoms with Gasteiger partial charge in [-0.05, 0) is 5.92 Å². The third-order valence-corrected chi connectivity index (χ3v) is 1.86. The second-order valence-electron chi connectivity index (χ2n) is 3.67. The quantitative estimate of drug-likeness (QED) is 0.650. The van der Waals surface area contributed by atoms with Crippen molar-refractivity contribution in [1.82, 2.24) is 5.32 Å². The lowest BCUT2D eigenvalue weighted by atomic mass is 10.1. The van der Waals surface area contributed by atoms with Crippen molar-refractivity contribution in [1.29, 1.82) is 0 Å². The van der Waals surface area contributed by atoms with E-state index in [1.807, 2.05) is 13.8 Å². The van der Waals surface area contributed by atoms with E-state index in [2.05, 4.69) is 5.32 Å². The first-order valence-electron chi connectivity index (χ1n) is 4.55. The Morgan fingerprint density at radius 3 is 2.85 bits per heavy atom. The number of carbonyl (C=O) groups is 2. The van der Waals surface area contributed by atoms with Gasteiger partial charge in [0.25, 0.3) is 0 Å². The Labute approximate surface area is 77.6 Å². The summed E-state index contributed by atoms with van der Waals surface area (Å²) in [5, 5.41) is 2.65. The van der Waals surface area contributed by atoms with Crippen LogP contribution < -0.4 is 5.32 Å². The molecule has 1 rings (SSSR count). The molecule has 0 bridgehead atoms. The maximum absolute atomic E-state index is 11.2. The number of rotatable bonds is 3. The maximum Gasteiger partial charge on any atom is 0.328 e. The van der Waals surface area contributed by atoms with Crippen LogP contribution in [0.1, 0.15) is 26.7 Å². The molecule has 74 valence electrons. The number of esters is 1. The zero-order valence-corrected chi connectivity index (χ0v) is 8.00. The minimum absolute atomic E-state index is 0.0705. The largest absolute Gasteiger partial charge is 0.464 e. The molecule has 1 N–H and O–H groups in total. The van der Waals surface area contributed by atoms with Gasteiger partial charge in [-0.25, -0.2) is 4.79 Å². The Kier molecular flexibility index (Phi) is 3.28. The minimum atomic E-state index is -0.411. The van der Waals surface area contributed by atoms with Gasteiger partial charge in [0, 0.05) is 12.8 Å². The molecule has 0 aromatic heterocycles. The number of hydrogen-bond donors (Lipinski definition) is 1. The lowest BCUT2D eigenvalue weighted by Gasteiger charge is -2.09. The molecular formula is C9H15NO3. The van der Waals surface area contributed by atoms with E-state index in [9.17, 15) is 9.59 Å². The summed E-state index contributed by atoms with van der Waals surface area (Å²) in [5.41, 5.74) is 0. The molecule has 13 heavy (non-hydrogen) atoms. The van der Waals surface area contributed by atoms with Crippen molar-refractivity contribution in [3.63, 3.8) is 0 Å². The fourth-order valence-corrected chi connectivity index (χ4v) is 1.25. The lowest BCUT2D eigenvalue weighted by molar-refractivity contribution is -0.141. The molecule has 0 aromatic rings. The average molecular weight is 185 g/mol. The summed E-state index contributed by atoms with van der Waals surface area (Å²) < 4.78 is 4.72. The third-order valence-electron chi connectivity index (χ3n) is 1.86. The highest BCUT2D eigenvalue weighted by atomic mass is 16.5.